The number of aromatic nitrogens is 3. The van der Waals surface area contributed by atoms with E-state index in [1.165, 1.54) is 0 Å². The van der Waals surface area contributed by atoms with Crippen molar-refractivity contribution in [3.05, 3.63) is 29.2 Å². The highest BCUT2D eigenvalue weighted by molar-refractivity contribution is 5.95. The van der Waals surface area contributed by atoms with E-state index in [4.69, 9.17) is 5.10 Å². The summed E-state index contributed by atoms with van der Waals surface area (Å²) < 4.78 is 1.85. The molecule has 0 aliphatic heterocycles. The molecule has 2 heterocycles. The molecule has 0 saturated heterocycles. The van der Waals surface area contributed by atoms with Gasteiger partial charge in [-0.3, -0.25) is 4.79 Å². The first kappa shape index (κ1) is 23.3. The van der Waals surface area contributed by atoms with Gasteiger partial charge in [-0.25, -0.2) is 9.50 Å². The number of nitrogens with one attached hydrogen (secondary N) is 1. The molecule has 6 nitrogen and oxygen atoms in total. The zero-order valence-corrected chi connectivity index (χ0v) is 19.5. The quantitative estimate of drug-likeness (QED) is 0.677. The fourth-order valence-electron chi connectivity index (χ4n) is 3.58. The maximum absolute atomic E-state index is 13.0. The first-order valence-electron chi connectivity index (χ1n) is 11.0. The molecule has 1 N–H and O–H groups in total. The smallest absolute Gasteiger partial charge is 0.254 e. The van der Waals surface area contributed by atoms with Crippen molar-refractivity contribution in [2.24, 2.45) is 0 Å². The van der Waals surface area contributed by atoms with Gasteiger partial charge in [0.25, 0.3) is 5.91 Å². The Bertz CT molecular complexity index is 815. The van der Waals surface area contributed by atoms with Gasteiger partial charge in [-0.15, -0.1) is 0 Å². The van der Waals surface area contributed by atoms with Crippen molar-refractivity contribution in [3.63, 3.8) is 0 Å². The van der Waals surface area contributed by atoms with Gasteiger partial charge < -0.3 is 10.2 Å². The molecular formula is C23H39N5O. The molecule has 0 fully saturated rings. The Labute approximate surface area is 176 Å². The molecule has 2 rings (SSSR count). The third kappa shape index (κ3) is 5.78. The van der Waals surface area contributed by atoms with E-state index in [0.29, 0.717) is 5.56 Å². The summed E-state index contributed by atoms with van der Waals surface area (Å²) in [6.07, 6.45) is 3.74. The maximum Gasteiger partial charge on any atom is 0.254 e. The number of hydrogen-bond donors (Lipinski definition) is 1. The third-order valence-electron chi connectivity index (χ3n) is 5.46. The number of fused-ring (bicyclic) bond motifs is 1. The highest BCUT2D eigenvalue weighted by Crippen LogP contribution is 2.25. The average molecular weight is 402 g/mol. The van der Waals surface area contributed by atoms with Crippen molar-refractivity contribution < 1.29 is 4.79 Å². The maximum atomic E-state index is 13.0. The summed E-state index contributed by atoms with van der Waals surface area (Å²) in [7, 11) is 0. The molecule has 1 amide bonds. The first-order chi connectivity index (χ1) is 13.6. The lowest BCUT2D eigenvalue weighted by molar-refractivity contribution is 0.0934. The largest absolute Gasteiger partial charge is 0.349 e. The van der Waals surface area contributed by atoms with Crippen molar-refractivity contribution in [2.75, 3.05) is 19.6 Å². The van der Waals surface area contributed by atoms with Gasteiger partial charge >= 0.3 is 0 Å². The molecule has 0 radical (unpaired) electrons. The van der Waals surface area contributed by atoms with Crippen molar-refractivity contribution in [1.29, 1.82) is 0 Å². The van der Waals surface area contributed by atoms with Crippen LogP contribution in [-0.4, -0.2) is 51.1 Å². The van der Waals surface area contributed by atoms with Crippen LogP contribution >= 0.6 is 0 Å². The summed E-state index contributed by atoms with van der Waals surface area (Å²) >= 11 is 0. The fourth-order valence-corrected chi connectivity index (χ4v) is 3.58. The van der Waals surface area contributed by atoms with E-state index in [1.54, 1.807) is 6.20 Å². The molecule has 0 aliphatic rings. The molecule has 2 aromatic rings. The van der Waals surface area contributed by atoms with Crippen LogP contribution in [0.5, 0.6) is 0 Å². The Balaban J connectivity index is 2.19. The van der Waals surface area contributed by atoms with Crippen molar-refractivity contribution in [2.45, 2.75) is 85.6 Å². The van der Waals surface area contributed by atoms with E-state index in [0.717, 1.165) is 49.5 Å². The van der Waals surface area contributed by atoms with Crippen LogP contribution in [0.4, 0.5) is 0 Å². The van der Waals surface area contributed by atoms with Crippen LogP contribution in [0.25, 0.3) is 5.65 Å². The van der Waals surface area contributed by atoms with Gasteiger partial charge in [0.05, 0.1) is 17.0 Å². The molecule has 0 aromatic carbocycles. The second kappa shape index (κ2) is 9.70. The Kier molecular flexibility index (Phi) is 7.80. The van der Waals surface area contributed by atoms with Crippen LogP contribution in [-0.2, 0) is 5.41 Å². The summed E-state index contributed by atoms with van der Waals surface area (Å²) in [5.74, 6) is 0.0955. The second-order valence-corrected chi connectivity index (χ2v) is 9.31. The van der Waals surface area contributed by atoms with Crippen molar-refractivity contribution in [3.8, 4) is 0 Å². The Morgan fingerprint density at radius 2 is 1.86 bits per heavy atom. The molecule has 0 aliphatic carbocycles. The third-order valence-corrected chi connectivity index (χ3v) is 5.46. The molecule has 1 atom stereocenters. The number of amides is 1. The topological polar surface area (TPSA) is 62.5 Å². The summed E-state index contributed by atoms with van der Waals surface area (Å²) in [5, 5.41) is 7.95. The van der Waals surface area contributed by atoms with Gasteiger partial charge in [0, 0.05) is 23.7 Å². The van der Waals surface area contributed by atoms with Gasteiger partial charge in [0.2, 0.25) is 0 Å². The Morgan fingerprint density at radius 3 is 2.41 bits per heavy atom. The van der Waals surface area contributed by atoms with Gasteiger partial charge in [0.15, 0.2) is 5.65 Å². The minimum Gasteiger partial charge on any atom is -0.349 e. The molecule has 0 spiro atoms. The van der Waals surface area contributed by atoms with E-state index in [2.05, 4.69) is 70.6 Å². The SMILES string of the molecule is CCN(CC)CCCC(C)NC(=O)c1cnc2cc(C(C)(C)C)nn2c1C(C)C. The lowest BCUT2D eigenvalue weighted by Gasteiger charge is -2.20. The van der Waals surface area contributed by atoms with Crippen LogP contribution < -0.4 is 5.32 Å². The van der Waals surface area contributed by atoms with Gasteiger partial charge in [-0.1, -0.05) is 48.5 Å². The van der Waals surface area contributed by atoms with E-state index >= 15 is 0 Å². The standard InChI is InChI=1S/C23H39N5O/c1-9-27(10-2)13-11-12-17(5)25-22(29)18-15-24-20-14-19(23(6,7)8)26-28(20)21(18)16(3)4/h14-17H,9-13H2,1-8H3,(H,25,29). The molecule has 2 aromatic heterocycles. The van der Waals surface area contributed by atoms with Crippen LogP contribution in [0.1, 0.15) is 95.9 Å². The van der Waals surface area contributed by atoms with E-state index in [-0.39, 0.29) is 23.3 Å². The number of carbonyl (C=O) groups is 1. The molecule has 162 valence electrons. The van der Waals surface area contributed by atoms with E-state index in [9.17, 15) is 4.79 Å². The molecular weight excluding hydrogens is 362 g/mol. The van der Waals surface area contributed by atoms with Gasteiger partial charge in [-0.2, -0.15) is 5.10 Å². The molecule has 0 bridgehead atoms. The van der Waals surface area contributed by atoms with Crippen molar-refractivity contribution >= 4 is 11.6 Å². The normalized spacial score (nSPS) is 13.4. The lowest BCUT2D eigenvalue weighted by atomic mass is 9.93. The predicted octanol–water partition coefficient (Wildman–Crippen LogP) is 4.39. The minimum atomic E-state index is -0.0657. The summed E-state index contributed by atoms with van der Waals surface area (Å²) in [6, 6.07) is 2.14. The van der Waals surface area contributed by atoms with Crippen LogP contribution in [0.2, 0.25) is 0 Å². The second-order valence-electron chi connectivity index (χ2n) is 9.31. The fraction of sp³-hybridized carbons (Fsp3) is 0.696. The van der Waals surface area contributed by atoms with Gasteiger partial charge in [-0.05, 0) is 45.3 Å². The highest BCUT2D eigenvalue weighted by atomic mass is 16.1. The molecule has 6 heteroatoms. The first-order valence-corrected chi connectivity index (χ1v) is 11.0. The van der Waals surface area contributed by atoms with Crippen LogP contribution in [0.3, 0.4) is 0 Å². The Morgan fingerprint density at radius 1 is 1.21 bits per heavy atom. The summed E-state index contributed by atoms with van der Waals surface area (Å²) in [5.41, 5.74) is 3.24. The van der Waals surface area contributed by atoms with Crippen LogP contribution in [0.15, 0.2) is 12.3 Å². The number of hydrogen-bond acceptors (Lipinski definition) is 4. The summed E-state index contributed by atoms with van der Waals surface area (Å²) in [6.45, 7) is 20.3. The number of carbonyl (C=O) groups excluding carboxylic acids is 1. The number of nitrogens with zero attached hydrogens (tertiary/aromatic N) is 4. The zero-order valence-electron chi connectivity index (χ0n) is 19.5. The minimum absolute atomic E-state index is 0.0637. The molecule has 0 saturated carbocycles. The average Bonchev–Trinajstić information content (AvgIpc) is 3.08. The number of rotatable bonds is 9. The van der Waals surface area contributed by atoms with Crippen LogP contribution in [0, 0.1) is 0 Å². The zero-order chi connectivity index (χ0) is 21.8. The molecule has 1 unspecified atom stereocenters. The van der Waals surface area contributed by atoms with E-state index < -0.39 is 0 Å². The molecule has 29 heavy (non-hydrogen) atoms. The lowest BCUT2D eigenvalue weighted by Crippen LogP contribution is -2.34. The van der Waals surface area contributed by atoms with Gasteiger partial charge in [0.1, 0.15) is 0 Å². The Hall–Kier alpha value is -1.95. The summed E-state index contributed by atoms with van der Waals surface area (Å²) in [4.78, 5) is 20.0. The van der Waals surface area contributed by atoms with Crippen molar-refractivity contribution in [1.82, 2.24) is 24.8 Å². The predicted molar refractivity (Wildman–Crippen MR) is 120 cm³/mol. The highest BCUT2D eigenvalue weighted by Gasteiger charge is 2.24. The van der Waals surface area contributed by atoms with E-state index in [1.807, 2.05) is 10.6 Å². The monoisotopic (exact) mass is 401 g/mol.